The second-order valence-corrected chi connectivity index (χ2v) is 6.70. The van der Waals surface area contributed by atoms with Gasteiger partial charge >= 0.3 is 0 Å². The van der Waals surface area contributed by atoms with Crippen molar-refractivity contribution in [2.45, 2.75) is 52.1 Å². The van der Waals surface area contributed by atoms with E-state index in [1.165, 1.54) is 41.3 Å². The van der Waals surface area contributed by atoms with Crippen LogP contribution in [-0.2, 0) is 6.54 Å². The number of hydrogen-bond donors (Lipinski definition) is 1. The van der Waals surface area contributed by atoms with Crippen molar-refractivity contribution in [1.82, 2.24) is 10.3 Å². The van der Waals surface area contributed by atoms with Crippen LogP contribution in [0.15, 0.2) is 0 Å². The SMILES string of the molecule is Cc1nc(CNC2CC3CCC2C3)sc1C. The minimum absolute atomic E-state index is 0.781. The molecule has 3 atom stereocenters. The first-order chi connectivity index (χ1) is 7.72. The zero-order chi connectivity index (χ0) is 11.1. The van der Waals surface area contributed by atoms with Crippen LogP contribution < -0.4 is 5.32 Å². The molecular formula is C13H20N2S. The number of rotatable bonds is 3. The van der Waals surface area contributed by atoms with E-state index < -0.39 is 0 Å². The summed E-state index contributed by atoms with van der Waals surface area (Å²) in [4.78, 5) is 5.95. The molecule has 3 unspecified atom stereocenters. The zero-order valence-electron chi connectivity index (χ0n) is 10.1. The molecule has 3 rings (SSSR count). The molecule has 16 heavy (non-hydrogen) atoms. The van der Waals surface area contributed by atoms with Gasteiger partial charge in [-0.15, -0.1) is 11.3 Å². The van der Waals surface area contributed by atoms with Gasteiger partial charge in [-0.2, -0.15) is 0 Å². The fourth-order valence-corrected chi connectivity index (χ4v) is 4.21. The zero-order valence-corrected chi connectivity index (χ0v) is 10.9. The third-order valence-electron chi connectivity index (χ3n) is 4.33. The van der Waals surface area contributed by atoms with Crippen LogP contribution >= 0.6 is 11.3 Å². The molecule has 1 aromatic heterocycles. The Morgan fingerprint density at radius 1 is 1.31 bits per heavy atom. The molecule has 2 saturated carbocycles. The van der Waals surface area contributed by atoms with Gasteiger partial charge in [0.15, 0.2) is 0 Å². The summed E-state index contributed by atoms with van der Waals surface area (Å²) in [6.07, 6.45) is 5.83. The lowest BCUT2D eigenvalue weighted by Gasteiger charge is -2.22. The first-order valence-corrected chi connectivity index (χ1v) is 7.20. The number of nitrogens with zero attached hydrogens (tertiary/aromatic N) is 1. The Bertz CT molecular complexity index is 366. The van der Waals surface area contributed by atoms with Crippen molar-refractivity contribution in [2.24, 2.45) is 11.8 Å². The maximum atomic E-state index is 4.59. The summed E-state index contributed by atoms with van der Waals surface area (Å²) < 4.78 is 0. The third kappa shape index (κ3) is 1.91. The molecule has 0 amide bonds. The molecule has 0 saturated heterocycles. The molecule has 2 aliphatic carbocycles. The summed E-state index contributed by atoms with van der Waals surface area (Å²) in [5.41, 5.74) is 1.20. The minimum Gasteiger partial charge on any atom is -0.307 e. The summed E-state index contributed by atoms with van der Waals surface area (Å²) in [5.74, 6) is 1.99. The van der Waals surface area contributed by atoms with Crippen LogP contribution in [0, 0.1) is 25.7 Å². The number of thiazole rings is 1. The van der Waals surface area contributed by atoms with Gasteiger partial charge in [-0.3, -0.25) is 0 Å². The molecule has 88 valence electrons. The molecule has 2 bridgehead atoms. The van der Waals surface area contributed by atoms with E-state index in [-0.39, 0.29) is 0 Å². The smallest absolute Gasteiger partial charge is 0.107 e. The highest BCUT2D eigenvalue weighted by Crippen LogP contribution is 2.44. The van der Waals surface area contributed by atoms with Crippen LogP contribution in [0.1, 0.15) is 41.3 Å². The van der Waals surface area contributed by atoms with Crippen molar-refractivity contribution in [2.75, 3.05) is 0 Å². The van der Waals surface area contributed by atoms with Gasteiger partial charge in [0.25, 0.3) is 0 Å². The van der Waals surface area contributed by atoms with E-state index in [0.717, 1.165) is 24.4 Å². The van der Waals surface area contributed by atoms with E-state index >= 15 is 0 Å². The van der Waals surface area contributed by atoms with Gasteiger partial charge in [-0.1, -0.05) is 6.42 Å². The van der Waals surface area contributed by atoms with Crippen molar-refractivity contribution in [1.29, 1.82) is 0 Å². The van der Waals surface area contributed by atoms with Gasteiger partial charge in [-0.05, 0) is 44.9 Å². The van der Waals surface area contributed by atoms with Gasteiger partial charge in [0.2, 0.25) is 0 Å². The summed E-state index contributed by atoms with van der Waals surface area (Å²) in [5, 5.41) is 4.98. The average Bonchev–Trinajstić information content (AvgIpc) is 2.92. The predicted octanol–water partition coefficient (Wildman–Crippen LogP) is 3.04. The van der Waals surface area contributed by atoms with Gasteiger partial charge in [0, 0.05) is 17.5 Å². The fourth-order valence-electron chi connectivity index (χ4n) is 3.33. The van der Waals surface area contributed by atoms with Crippen molar-refractivity contribution in [3.8, 4) is 0 Å². The topological polar surface area (TPSA) is 24.9 Å². The largest absolute Gasteiger partial charge is 0.307 e. The van der Waals surface area contributed by atoms with Gasteiger partial charge < -0.3 is 5.32 Å². The lowest BCUT2D eigenvalue weighted by atomic mass is 9.95. The molecule has 2 aliphatic rings. The van der Waals surface area contributed by atoms with Crippen LogP contribution in [0.5, 0.6) is 0 Å². The monoisotopic (exact) mass is 236 g/mol. The van der Waals surface area contributed by atoms with Crippen LogP contribution in [0.25, 0.3) is 0 Å². The number of nitrogens with one attached hydrogen (secondary N) is 1. The Hall–Kier alpha value is -0.410. The summed E-state index contributed by atoms with van der Waals surface area (Å²) in [7, 11) is 0. The van der Waals surface area contributed by atoms with Crippen molar-refractivity contribution >= 4 is 11.3 Å². The number of fused-ring (bicyclic) bond motifs is 2. The third-order valence-corrected chi connectivity index (χ3v) is 5.40. The van der Waals surface area contributed by atoms with E-state index in [0.29, 0.717) is 0 Å². The molecule has 0 aliphatic heterocycles. The number of hydrogen-bond acceptors (Lipinski definition) is 3. The molecule has 0 aromatic carbocycles. The quantitative estimate of drug-likeness (QED) is 0.872. The van der Waals surface area contributed by atoms with Crippen LogP contribution in [0.4, 0.5) is 0 Å². The molecule has 1 aromatic rings. The van der Waals surface area contributed by atoms with E-state index in [1.54, 1.807) is 0 Å². The highest BCUT2D eigenvalue weighted by atomic mass is 32.1. The molecule has 0 radical (unpaired) electrons. The van der Waals surface area contributed by atoms with Crippen molar-refractivity contribution < 1.29 is 0 Å². The summed E-state index contributed by atoms with van der Waals surface area (Å²) in [6.45, 7) is 5.24. The molecule has 1 heterocycles. The van der Waals surface area contributed by atoms with Crippen molar-refractivity contribution in [3.05, 3.63) is 15.6 Å². The molecule has 0 spiro atoms. The fraction of sp³-hybridized carbons (Fsp3) is 0.769. The lowest BCUT2D eigenvalue weighted by molar-refractivity contribution is 0.350. The Labute approximate surface area is 101 Å². The standard InChI is InChI=1S/C13H20N2S/c1-8-9(2)16-13(15-8)7-14-12-6-10-3-4-11(12)5-10/h10-12,14H,3-7H2,1-2H3. The van der Waals surface area contributed by atoms with Crippen LogP contribution in [0.3, 0.4) is 0 Å². The predicted molar refractivity (Wildman–Crippen MR) is 67.7 cm³/mol. The second-order valence-electron chi connectivity index (χ2n) is 5.41. The van der Waals surface area contributed by atoms with E-state index in [4.69, 9.17) is 0 Å². The van der Waals surface area contributed by atoms with Gasteiger partial charge in [0.05, 0.1) is 5.69 Å². The summed E-state index contributed by atoms with van der Waals surface area (Å²) in [6, 6.07) is 0.781. The highest BCUT2D eigenvalue weighted by Gasteiger charge is 2.39. The molecule has 2 fully saturated rings. The number of aryl methyl sites for hydroxylation is 2. The average molecular weight is 236 g/mol. The highest BCUT2D eigenvalue weighted by molar-refractivity contribution is 7.11. The van der Waals surface area contributed by atoms with Crippen molar-refractivity contribution in [3.63, 3.8) is 0 Å². The Morgan fingerprint density at radius 2 is 2.19 bits per heavy atom. The molecule has 1 N–H and O–H groups in total. The Kier molecular flexibility index (Phi) is 2.76. The maximum absolute atomic E-state index is 4.59. The van der Waals surface area contributed by atoms with Gasteiger partial charge in [-0.25, -0.2) is 4.98 Å². The second kappa shape index (κ2) is 4.11. The van der Waals surface area contributed by atoms with Gasteiger partial charge in [0.1, 0.15) is 5.01 Å². The maximum Gasteiger partial charge on any atom is 0.107 e. The van der Waals surface area contributed by atoms with Crippen LogP contribution in [0.2, 0.25) is 0 Å². The molecule has 3 heteroatoms. The van der Waals surface area contributed by atoms with E-state index in [2.05, 4.69) is 24.1 Å². The first kappa shape index (κ1) is 10.7. The summed E-state index contributed by atoms with van der Waals surface area (Å²) >= 11 is 1.84. The molecular weight excluding hydrogens is 216 g/mol. The Morgan fingerprint density at radius 3 is 2.75 bits per heavy atom. The first-order valence-electron chi connectivity index (χ1n) is 6.38. The number of aromatic nitrogens is 1. The Balaban J connectivity index is 1.57. The van der Waals surface area contributed by atoms with Crippen LogP contribution in [-0.4, -0.2) is 11.0 Å². The van der Waals surface area contributed by atoms with E-state index in [1.807, 2.05) is 11.3 Å². The molecule has 2 nitrogen and oxygen atoms in total. The lowest BCUT2D eigenvalue weighted by Crippen LogP contribution is -2.33. The normalized spacial score (nSPS) is 32.5. The van der Waals surface area contributed by atoms with E-state index in [9.17, 15) is 0 Å². The minimum atomic E-state index is 0.781.